The first-order valence-corrected chi connectivity index (χ1v) is 9.07. The Morgan fingerprint density at radius 1 is 1.00 bits per heavy atom. The maximum atomic E-state index is 13.0. The van der Waals surface area contributed by atoms with Gasteiger partial charge < -0.3 is 14.8 Å². The molecule has 27 heavy (non-hydrogen) atoms. The molecule has 142 valence electrons. The highest BCUT2D eigenvalue weighted by Gasteiger charge is 2.50. The molecule has 1 heterocycles. The standard InChI is InChI=1S/C21H24N2O4/c1-3-21(16-8-5-4-6-9-16)19(24)23(20(25)22-21)14-7-15-27-18-12-10-17(26-2)11-13-18/h4-6,8-13H,3,7,14-15H2,1-2H3,(H,22,25). The van der Waals surface area contributed by atoms with Crippen molar-refractivity contribution in [3.05, 3.63) is 60.2 Å². The van der Waals surface area contributed by atoms with Gasteiger partial charge in [-0.1, -0.05) is 37.3 Å². The molecule has 6 heteroatoms. The van der Waals surface area contributed by atoms with E-state index in [-0.39, 0.29) is 11.9 Å². The SMILES string of the molecule is CCC1(c2ccccc2)NC(=O)N(CCCOc2ccc(OC)cc2)C1=O. The van der Waals surface area contributed by atoms with E-state index in [1.54, 1.807) is 7.11 Å². The summed E-state index contributed by atoms with van der Waals surface area (Å²) in [5.41, 5.74) is -0.169. The summed E-state index contributed by atoms with van der Waals surface area (Å²) in [6.07, 6.45) is 1.06. The van der Waals surface area contributed by atoms with E-state index < -0.39 is 5.54 Å². The number of hydrogen-bond donors (Lipinski definition) is 1. The molecule has 0 aromatic heterocycles. The van der Waals surface area contributed by atoms with Crippen LogP contribution in [0.15, 0.2) is 54.6 Å². The van der Waals surface area contributed by atoms with Crippen LogP contribution in [0.4, 0.5) is 4.79 Å². The number of hydrogen-bond acceptors (Lipinski definition) is 4. The lowest BCUT2D eigenvalue weighted by Crippen LogP contribution is -2.43. The molecule has 1 atom stereocenters. The molecule has 0 radical (unpaired) electrons. The van der Waals surface area contributed by atoms with Gasteiger partial charge in [0, 0.05) is 6.54 Å². The molecular formula is C21H24N2O4. The third-order valence-corrected chi connectivity index (χ3v) is 4.83. The summed E-state index contributed by atoms with van der Waals surface area (Å²) in [4.78, 5) is 26.7. The number of urea groups is 1. The maximum Gasteiger partial charge on any atom is 0.325 e. The van der Waals surface area contributed by atoms with Gasteiger partial charge in [-0.2, -0.15) is 0 Å². The lowest BCUT2D eigenvalue weighted by molar-refractivity contribution is -0.131. The molecule has 1 aliphatic heterocycles. The minimum Gasteiger partial charge on any atom is -0.497 e. The Morgan fingerprint density at radius 2 is 1.67 bits per heavy atom. The first-order valence-electron chi connectivity index (χ1n) is 9.07. The smallest absolute Gasteiger partial charge is 0.325 e. The molecular weight excluding hydrogens is 344 g/mol. The van der Waals surface area contributed by atoms with Gasteiger partial charge in [-0.05, 0) is 42.7 Å². The van der Waals surface area contributed by atoms with E-state index in [1.165, 1.54) is 4.90 Å². The molecule has 6 nitrogen and oxygen atoms in total. The largest absolute Gasteiger partial charge is 0.497 e. The number of methoxy groups -OCH3 is 1. The second-order valence-corrected chi connectivity index (χ2v) is 6.39. The number of rotatable bonds is 8. The molecule has 0 saturated carbocycles. The van der Waals surface area contributed by atoms with E-state index in [9.17, 15) is 9.59 Å². The average molecular weight is 368 g/mol. The number of benzene rings is 2. The van der Waals surface area contributed by atoms with Crippen molar-refractivity contribution in [2.75, 3.05) is 20.3 Å². The van der Waals surface area contributed by atoms with Gasteiger partial charge in [-0.25, -0.2) is 4.79 Å². The van der Waals surface area contributed by atoms with Crippen molar-refractivity contribution in [1.29, 1.82) is 0 Å². The zero-order valence-corrected chi connectivity index (χ0v) is 15.6. The van der Waals surface area contributed by atoms with Crippen molar-refractivity contribution < 1.29 is 19.1 Å². The molecule has 2 aromatic carbocycles. The first kappa shape index (κ1) is 18.8. The minimum absolute atomic E-state index is 0.203. The fourth-order valence-electron chi connectivity index (χ4n) is 3.28. The van der Waals surface area contributed by atoms with Gasteiger partial charge in [0.2, 0.25) is 0 Å². The Bertz CT molecular complexity index is 792. The van der Waals surface area contributed by atoms with Crippen LogP contribution in [0.1, 0.15) is 25.3 Å². The summed E-state index contributed by atoms with van der Waals surface area (Å²) < 4.78 is 10.8. The number of nitrogens with zero attached hydrogens (tertiary/aromatic N) is 1. The normalized spacial score (nSPS) is 19.1. The van der Waals surface area contributed by atoms with Crippen LogP contribution in [0.2, 0.25) is 0 Å². The van der Waals surface area contributed by atoms with Crippen LogP contribution < -0.4 is 14.8 Å². The monoisotopic (exact) mass is 368 g/mol. The summed E-state index contributed by atoms with van der Waals surface area (Å²) in [5.74, 6) is 1.28. The maximum absolute atomic E-state index is 13.0. The Balaban J connectivity index is 1.59. The van der Waals surface area contributed by atoms with Crippen LogP contribution in [0.5, 0.6) is 11.5 Å². The van der Waals surface area contributed by atoms with E-state index in [1.807, 2.05) is 61.5 Å². The van der Waals surface area contributed by atoms with E-state index >= 15 is 0 Å². The van der Waals surface area contributed by atoms with Gasteiger partial charge in [-0.15, -0.1) is 0 Å². The third-order valence-electron chi connectivity index (χ3n) is 4.83. The van der Waals surface area contributed by atoms with Crippen molar-refractivity contribution in [3.63, 3.8) is 0 Å². The van der Waals surface area contributed by atoms with Crippen molar-refractivity contribution in [1.82, 2.24) is 10.2 Å². The Hall–Kier alpha value is -3.02. The molecule has 3 amide bonds. The zero-order valence-electron chi connectivity index (χ0n) is 15.6. The van der Waals surface area contributed by atoms with Crippen molar-refractivity contribution in [3.8, 4) is 11.5 Å². The lowest BCUT2D eigenvalue weighted by Gasteiger charge is -2.25. The highest BCUT2D eigenvalue weighted by molar-refractivity contribution is 6.07. The molecule has 0 aliphatic carbocycles. The highest BCUT2D eigenvalue weighted by Crippen LogP contribution is 2.32. The predicted molar refractivity (Wildman–Crippen MR) is 102 cm³/mol. The fourth-order valence-corrected chi connectivity index (χ4v) is 3.28. The Kier molecular flexibility index (Phi) is 5.64. The van der Waals surface area contributed by atoms with Gasteiger partial charge in [0.15, 0.2) is 0 Å². The Morgan fingerprint density at radius 3 is 2.30 bits per heavy atom. The van der Waals surface area contributed by atoms with Crippen molar-refractivity contribution >= 4 is 11.9 Å². The minimum atomic E-state index is -0.977. The molecule has 1 fully saturated rings. The second-order valence-electron chi connectivity index (χ2n) is 6.39. The lowest BCUT2D eigenvalue weighted by atomic mass is 9.87. The number of ether oxygens (including phenoxy) is 2. The summed E-state index contributed by atoms with van der Waals surface area (Å²) in [5, 5.41) is 2.89. The second kappa shape index (κ2) is 8.12. The van der Waals surface area contributed by atoms with E-state index in [0.29, 0.717) is 26.0 Å². The number of carbonyl (C=O) groups is 2. The molecule has 0 bridgehead atoms. The molecule has 1 N–H and O–H groups in total. The number of nitrogens with one attached hydrogen (secondary N) is 1. The number of amides is 3. The molecule has 1 unspecified atom stereocenters. The topological polar surface area (TPSA) is 67.9 Å². The third kappa shape index (κ3) is 3.74. The quantitative estimate of drug-likeness (QED) is 0.573. The molecule has 1 saturated heterocycles. The van der Waals surface area contributed by atoms with E-state index in [4.69, 9.17) is 9.47 Å². The number of carbonyl (C=O) groups excluding carboxylic acids is 2. The molecule has 0 spiro atoms. The van der Waals surface area contributed by atoms with Crippen LogP contribution in [-0.4, -0.2) is 37.1 Å². The van der Waals surface area contributed by atoms with Gasteiger partial charge in [0.1, 0.15) is 17.0 Å². The van der Waals surface area contributed by atoms with Crippen LogP contribution in [0.3, 0.4) is 0 Å². The summed E-state index contributed by atoms with van der Waals surface area (Å²) in [6, 6.07) is 16.3. The zero-order chi connectivity index (χ0) is 19.3. The van der Waals surface area contributed by atoms with E-state index in [0.717, 1.165) is 17.1 Å². The first-order chi connectivity index (χ1) is 13.1. The number of imide groups is 1. The summed E-state index contributed by atoms with van der Waals surface area (Å²) in [6.45, 7) is 2.63. The van der Waals surface area contributed by atoms with Gasteiger partial charge >= 0.3 is 6.03 Å². The van der Waals surface area contributed by atoms with Crippen molar-refractivity contribution in [2.45, 2.75) is 25.3 Å². The summed E-state index contributed by atoms with van der Waals surface area (Å²) in [7, 11) is 1.61. The van der Waals surface area contributed by atoms with E-state index in [2.05, 4.69) is 5.32 Å². The summed E-state index contributed by atoms with van der Waals surface area (Å²) >= 11 is 0. The molecule has 1 aliphatic rings. The Labute approximate surface area is 159 Å². The fraction of sp³-hybridized carbons (Fsp3) is 0.333. The van der Waals surface area contributed by atoms with Crippen molar-refractivity contribution in [2.24, 2.45) is 0 Å². The van der Waals surface area contributed by atoms with Gasteiger partial charge in [0.25, 0.3) is 5.91 Å². The predicted octanol–water partition coefficient (Wildman–Crippen LogP) is 3.32. The van der Waals surface area contributed by atoms with Gasteiger partial charge in [0.05, 0.1) is 13.7 Å². The molecule has 2 aromatic rings. The average Bonchev–Trinajstić information content (AvgIpc) is 2.97. The van der Waals surface area contributed by atoms with Crippen LogP contribution in [0.25, 0.3) is 0 Å². The van der Waals surface area contributed by atoms with Crippen LogP contribution in [0, 0.1) is 0 Å². The molecule has 3 rings (SSSR count). The highest BCUT2D eigenvalue weighted by atomic mass is 16.5. The van der Waals surface area contributed by atoms with Crippen LogP contribution in [-0.2, 0) is 10.3 Å². The van der Waals surface area contributed by atoms with Gasteiger partial charge in [-0.3, -0.25) is 9.69 Å². The van der Waals surface area contributed by atoms with Crippen LogP contribution >= 0.6 is 0 Å².